The molecule has 2 atom stereocenters. The van der Waals surface area contributed by atoms with Gasteiger partial charge in [0.15, 0.2) is 0 Å². The zero-order valence-electron chi connectivity index (χ0n) is 26.5. The second-order valence-electron chi connectivity index (χ2n) is 11.8. The van der Waals surface area contributed by atoms with Gasteiger partial charge in [-0.1, -0.05) is 155 Å². The summed E-state index contributed by atoms with van der Waals surface area (Å²) < 4.78 is 16.6. The van der Waals surface area contributed by atoms with Crippen LogP contribution in [0.5, 0.6) is 0 Å². The van der Waals surface area contributed by atoms with Gasteiger partial charge in [0.05, 0.1) is 26.4 Å². The van der Waals surface area contributed by atoms with Crippen LogP contribution in [0.2, 0.25) is 0 Å². The molecule has 236 valence electrons. The van der Waals surface area contributed by atoms with E-state index in [1.165, 1.54) is 141 Å². The molecule has 5 nitrogen and oxygen atoms in total. The lowest BCUT2D eigenvalue weighted by Crippen LogP contribution is -2.27. The van der Waals surface area contributed by atoms with Crippen LogP contribution in [-0.4, -0.2) is 62.1 Å². The Balaban J connectivity index is 3.26. The molecular formula is C34H70O5. The van der Waals surface area contributed by atoms with E-state index < -0.39 is 12.2 Å². The van der Waals surface area contributed by atoms with Crippen molar-refractivity contribution in [3.8, 4) is 0 Å². The minimum Gasteiger partial charge on any atom is -0.388 e. The summed E-state index contributed by atoms with van der Waals surface area (Å²) in [6.07, 6.45) is 30.7. The highest BCUT2D eigenvalue weighted by Gasteiger charge is 2.08. The van der Waals surface area contributed by atoms with Crippen molar-refractivity contribution >= 4 is 0 Å². The van der Waals surface area contributed by atoms with E-state index in [-0.39, 0.29) is 13.2 Å². The molecule has 0 aromatic carbocycles. The first kappa shape index (κ1) is 38.8. The molecule has 2 N–H and O–H groups in total. The molecule has 0 aromatic heterocycles. The molecule has 0 aliphatic heterocycles. The Morgan fingerprint density at radius 3 is 0.846 bits per heavy atom. The van der Waals surface area contributed by atoms with Gasteiger partial charge in [0.25, 0.3) is 0 Å². The van der Waals surface area contributed by atoms with Crippen LogP contribution in [-0.2, 0) is 14.2 Å². The maximum absolute atomic E-state index is 10.00. The van der Waals surface area contributed by atoms with Gasteiger partial charge in [-0.05, 0) is 12.8 Å². The van der Waals surface area contributed by atoms with Gasteiger partial charge in [0.2, 0.25) is 0 Å². The normalized spacial score (nSPS) is 13.2. The Morgan fingerprint density at radius 1 is 0.333 bits per heavy atom. The van der Waals surface area contributed by atoms with Crippen molar-refractivity contribution in [2.75, 3.05) is 39.6 Å². The predicted octanol–water partition coefficient (Wildman–Crippen LogP) is 9.16. The predicted molar refractivity (Wildman–Crippen MR) is 167 cm³/mol. The fourth-order valence-corrected chi connectivity index (χ4v) is 4.97. The molecule has 0 rings (SSSR count). The molecule has 5 heteroatoms. The number of aliphatic hydroxyl groups is 2. The summed E-state index contributed by atoms with van der Waals surface area (Å²) in [7, 11) is 0. The quantitative estimate of drug-likeness (QED) is 0.0771. The average Bonchev–Trinajstić information content (AvgIpc) is 2.93. The highest BCUT2D eigenvalue weighted by Crippen LogP contribution is 2.13. The number of aliphatic hydroxyl groups excluding tert-OH is 2. The summed E-state index contributed by atoms with van der Waals surface area (Å²) >= 11 is 0. The lowest BCUT2D eigenvalue weighted by molar-refractivity contribution is -0.0566. The van der Waals surface area contributed by atoms with E-state index in [0.717, 1.165) is 12.8 Å². The van der Waals surface area contributed by atoms with Crippen LogP contribution in [0, 0.1) is 0 Å². The fourth-order valence-electron chi connectivity index (χ4n) is 4.97. The van der Waals surface area contributed by atoms with Crippen molar-refractivity contribution < 1.29 is 24.4 Å². The minimum absolute atomic E-state index is 0.189. The van der Waals surface area contributed by atoms with Crippen LogP contribution in [0.3, 0.4) is 0 Å². The first-order valence-corrected chi connectivity index (χ1v) is 17.3. The monoisotopic (exact) mass is 559 g/mol. The molecule has 0 fully saturated rings. The SMILES string of the molecule is CCCCCCCCCCCCCCOCC(O)COCC(O)COCCCCCCCCCCCCCC. The van der Waals surface area contributed by atoms with Crippen molar-refractivity contribution in [2.24, 2.45) is 0 Å². The molecule has 0 aliphatic carbocycles. The van der Waals surface area contributed by atoms with Gasteiger partial charge in [-0.15, -0.1) is 0 Å². The van der Waals surface area contributed by atoms with E-state index in [0.29, 0.717) is 26.4 Å². The topological polar surface area (TPSA) is 68.2 Å². The highest BCUT2D eigenvalue weighted by molar-refractivity contribution is 4.56. The summed E-state index contributed by atoms with van der Waals surface area (Å²) in [5.74, 6) is 0. The summed E-state index contributed by atoms with van der Waals surface area (Å²) in [6.45, 7) is 6.91. The Kier molecular flexibility index (Phi) is 33.8. The Labute approximate surface area is 244 Å². The molecule has 0 heterocycles. The molecule has 0 saturated heterocycles. The van der Waals surface area contributed by atoms with Gasteiger partial charge in [0.1, 0.15) is 12.2 Å². The van der Waals surface area contributed by atoms with Crippen molar-refractivity contribution in [3.63, 3.8) is 0 Å². The third-order valence-corrected chi connectivity index (χ3v) is 7.53. The summed E-state index contributed by atoms with van der Waals surface area (Å²) in [5, 5.41) is 20.0. The second kappa shape index (κ2) is 34.0. The standard InChI is InChI=1S/C34H70O5/c1-3-5-7-9-11-13-15-17-19-21-23-25-27-37-29-33(35)31-39-32-34(36)30-38-28-26-24-22-20-18-16-14-12-10-8-6-4-2/h33-36H,3-32H2,1-2H3. The zero-order valence-corrected chi connectivity index (χ0v) is 26.5. The lowest BCUT2D eigenvalue weighted by atomic mass is 10.1. The van der Waals surface area contributed by atoms with Gasteiger partial charge in [-0.2, -0.15) is 0 Å². The molecule has 0 aromatic rings. The number of unbranched alkanes of at least 4 members (excludes halogenated alkanes) is 22. The van der Waals surface area contributed by atoms with Crippen molar-refractivity contribution in [3.05, 3.63) is 0 Å². The molecular weight excluding hydrogens is 488 g/mol. The average molecular weight is 559 g/mol. The van der Waals surface area contributed by atoms with E-state index in [1.807, 2.05) is 0 Å². The Hall–Kier alpha value is -0.200. The largest absolute Gasteiger partial charge is 0.388 e. The van der Waals surface area contributed by atoms with E-state index in [2.05, 4.69) is 13.8 Å². The molecule has 2 unspecified atom stereocenters. The van der Waals surface area contributed by atoms with Crippen molar-refractivity contribution in [1.82, 2.24) is 0 Å². The maximum atomic E-state index is 10.00. The van der Waals surface area contributed by atoms with E-state index >= 15 is 0 Å². The molecule has 0 bridgehead atoms. The number of hydrogen-bond acceptors (Lipinski definition) is 5. The Bertz CT molecular complexity index is 396. The van der Waals surface area contributed by atoms with Crippen LogP contribution >= 0.6 is 0 Å². The molecule has 0 amide bonds. The van der Waals surface area contributed by atoms with E-state index in [1.54, 1.807) is 0 Å². The number of hydrogen-bond donors (Lipinski definition) is 2. The van der Waals surface area contributed by atoms with Crippen LogP contribution in [0.15, 0.2) is 0 Å². The van der Waals surface area contributed by atoms with Gasteiger partial charge in [0, 0.05) is 13.2 Å². The minimum atomic E-state index is -0.642. The summed E-state index contributed by atoms with van der Waals surface area (Å²) in [4.78, 5) is 0. The van der Waals surface area contributed by atoms with Gasteiger partial charge >= 0.3 is 0 Å². The molecule has 0 aliphatic rings. The van der Waals surface area contributed by atoms with Gasteiger partial charge < -0.3 is 24.4 Å². The van der Waals surface area contributed by atoms with Crippen molar-refractivity contribution in [2.45, 2.75) is 180 Å². The van der Waals surface area contributed by atoms with Crippen LogP contribution in [0.4, 0.5) is 0 Å². The third-order valence-electron chi connectivity index (χ3n) is 7.53. The number of ether oxygens (including phenoxy) is 3. The van der Waals surface area contributed by atoms with E-state index in [9.17, 15) is 10.2 Å². The molecule has 39 heavy (non-hydrogen) atoms. The second-order valence-corrected chi connectivity index (χ2v) is 11.8. The molecule has 0 spiro atoms. The molecule has 0 radical (unpaired) electrons. The first-order valence-electron chi connectivity index (χ1n) is 17.3. The maximum Gasteiger partial charge on any atom is 0.101 e. The van der Waals surface area contributed by atoms with Crippen LogP contribution in [0.1, 0.15) is 168 Å². The smallest absolute Gasteiger partial charge is 0.101 e. The lowest BCUT2D eigenvalue weighted by Gasteiger charge is -2.15. The third kappa shape index (κ3) is 33.9. The summed E-state index contributed by atoms with van der Waals surface area (Å²) in [5.41, 5.74) is 0. The number of rotatable bonds is 34. The van der Waals surface area contributed by atoms with Crippen LogP contribution in [0.25, 0.3) is 0 Å². The van der Waals surface area contributed by atoms with Gasteiger partial charge in [-0.3, -0.25) is 0 Å². The molecule has 0 saturated carbocycles. The van der Waals surface area contributed by atoms with Crippen molar-refractivity contribution in [1.29, 1.82) is 0 Å². The fraction of sp³-hybridized carbons (Fsp3) is 1.00. The van der Waals surface area contributed by atoms with Gasteiger partial charge in [-0.25, -0.2) is 0 Å². The summed E-state index contributed by atoms with van der Waals surface area (Å²) in [6, 6.07) is 0. The van der Waals surface area contributed by atoms with E-state index in [4.69, 9.17) is 14.2 Å². The Morgan fingerprint density at radius 2 is 0.564 bits per heavy atom. The highest BCUT2D eigenvalue weighted by atomic mass is 16.5. The zero-order chi connectivity index (χ0) is 28.5. The first-order chi connectivity index (χ1) is 19.2. The van der Waals surface area contributed by atoms with Crippen LogP contribution < -0.4 is 0 Å².